The van der Waals surface area contributed by atoms with Crippen molar-refractivity contribution >= 4 is 11.8 Å². The fraction of sp³-hybridized carbons (Fsp3) is 0.192. The molecule has 9 heteroatoms. The predicted octanol–water partition coefficient (Wildman–Crippen LogP) is 4.34. The maximum atomic E-state index is 12.1. The van der Waals surface area contributed by atoms with E-state index in [2.05, 4.69) is 20.5 Å². The molecule has 0 fully saturated rings. The predicted molar refractivity (Wildman–Crippen MR) is 133 cm³/mol. The Balaban J connectivity index is 1.88. The Morgan fingerprint density at radius 2 is 1.74 bits per heavy atom. The second-order valence-electron chi connectivity index (χ2n) is 8.18. The molecule has 178 valence electrons. The van der Waals surface area contributed by atoms with Crippen LogP contribution in [0.3, 0.4) is 0 Å². The van der Waals surface area contributed by atoms with Crippen molar-refractivity contribution in [3.05, 3.63) is 87.8 Å². The molecule has 0 spiro atoms. The van der Waals surface area contributed by atoms with Gasteiger partial charge in [-0.05, 0) is 29.2 Å². The van der Waals surface area contributed by atoms with Gasteiger partial charge in [0.2, 0.25) is 0 Å². The number of rotatable bonds is 8. The number of nitrogens with one attached hydrogen (secondary N) is 2. The van der Waals surface area contributed by atoms with Crippen LogP contribution in [-0.4, -0.2) is 38.4 Å². The molecule has 0 aliphatic carbocycles. The molecular weight excluding hydrogens is 446 g/mol. The van der Waals surface area contributed by atoms with Gasteiger partial charge in [0.05, 0.1) is 12.8 Å². The van der Waals surface area contributed by atoms with E-state index in [1.165, 1.54) is 6.07 Å². The summed E-state index contributed by atoms with van der Waals surface area (Å²) in [6, 6.07) is 18.1. The zero-order valence-corrected chi connectivity index (χ0v) is 19.6. The van der Waals surface area contributed by atoms with Crippen LogP contribution in [0.1, 0.15) is 41.4 Å². The zero-order valence-electron chi connectivity index (χ0n) is 19.6. The van der Waals surface area contributed by atoms with E-state index in [9.17, 15) is 14.7 Å². The van der Waals surface area contributed by atoms with Crippen molar-refractivity contribution in [2.75, 3.05) is 12.4 Å². The quantitative estimate of drug-likeness (QED) is 0.346. The van der Waals surface area contributed by atoms with Crippen LogP contribution in [0.15, 0.2) is 65.5 Å². The van der Waals surface area contributed by atoms with Crippen LogP contribution in [-0.2, 0) is 6.54 Å². The van der Waals surface area contributed by atoms with Gasteiger partial charge in [-0.3, -0.25) is 4.79 Å². The number of benzene rings is 2. The van der Waals surface area contributed by atoms with Crippen LogP contribution in [0.4, 0.5) is 5.82 Å². The van der Waals surface area contributed by atoms with Gasteiger partial charge in [0.15, 0.2) is 11.5 Å². The normalized spacial score (nSPS) is 10.9. The average Bonchev–Trinajstić information content (AvgIpc) is 2.87. The molecule has 0 saturated carbocycles. The lowest BCUT2D eigenvalue weighted by Crippen LogP contribution is -2.15. The Morgan fingerprint density at radius 3 is 2.37 bits per heavy atom. The monoisotopic (exact) mass is 471 g/mol. The van der Waals surface area contributed by atoms with E-state index in [0.29, 0.717) is 34.8 Å². The maximum absolute atomic E-state index is 12.1. The molecular formula is C26H25N5O4. The van der Waals surface area contributed by atoms with Crippen LogP contribution in [0.2, 0.25) is 0 Å². The highest BCUT2D eigenvalue weighted by Crippen LogP contribution is 2.34. The molecule has 0 unspecified atom stereocenters. The van der Waals surface area contributed by atoms with Gasteiger partial charge in [-0.15, -0.1) is 0 Å². The molecule has 0 radical (unpaired) electrons. The summed E-state index contributed by atoms with van der Waals surface area (Å²) in [5.41, 5.74) is 2.91. The summed E-state index contributed by atoms with van der Waals surface area (Å²) in [6.07, 6.45) is 0. The van der Waals surface area contributed by atoms with E-state index in [-0.39, 0.29) is 23.0 Å². The molecule has 0 aliphatic rings. The largest absolute Gasteiger partial charge is 0.497 e. The molecule has 2 heterocycles. The highest BCUT2D eigenvalue weighted by atomic mass is 16.5. The number of carboxylic acids is 1. The Hall–Kier alpha value is -4.53. The average molecular weight is 472 g/mol. The Labute approximate surface area is 201 Å². The molecule has 0 aliphatic heterocycles. The topological polar surface area (TPSA) is 130 Å². The fourth-order valence-electron chi connectivity index (χ4n) is 3.65. The summed E-state index contributed by atoms with van der Waals surface area (Å²) in [7, 11) is 1.59. The van der Waals surface area contributed by atoms with Gasteiger partial charge in [-0.1, -0.05) is 56.3 Å². The number of hydrogen-bond acceptors (Lipinski definition) is 7. The van der Waals surface area contributed by atoms with Crippen molar-refractivity contribution in [1.29, 1.82) is 0 Å². The molecule has 0 atom stereocenters. The van der Waals surface area contributed by atoms with E-state index < -0.39 is 5.97 Å². The summed E-state index contributed by atoms with van der Waals surface area (Å²) < 4.78 is 5.19. The van der Waals surface area contributed by atoms with Crippen molar-refractivity contribution in [3.8, 4) is 28.4 Å². The summed E-state index contributed by atoms with van der Waals surface area (Å²) in [6.45, 7) is 4.22. The number of methoxy groups -OCH3 is 1. The summed E-state index contributed by atoms with van der Waals surface area (Å²) in [5.74, 6) is -0.414. The first kappa shape index (κ1) is 23.6. The minimum atomic E-state index is -1.21. The van der Waals surface area contributed by atoms with E-state index in [1.807, 2.05) is 68.4 Å². The summed E-state index contributed by atoms with van der Waals surface area (Å²) in [5, 5.41) is 19.8. The number of aromatic amines is 1. The molecule has 2 aromatic carbocycles. The van der Waals surface area contributed by atoms with Gasteiger partial charge < -0.3 is 15.2 Å². The minimum absolute atomic E-state index is 0.0277. The molecule has 4 aromatic rings. The van der Waals surface area contributed by atoms with Crippen LogP contribution in [0.5, 0.6) is 5.75 Å². The third-order valence-corrected chi connectivity index (χ3v) is 5.45. The zero-order chi connectivity index (χ0) is 24.9. The highest BCUT2D eigenvalue weighted by Gasteiger charge is 2.24. The molecule has 4 rings (SSSR count). The number of carboxylic acid groups (broad SMARTS) is 1. The Morgan fingerprint density at radius 1 is 1.03 bits per heavy atom. The number of hydrogen-bond donors (Lipinski definition) is 3. The standard InChI is InChI=1S/C26H25N5O4/c1-15(2)19-13-20(32)30-31-22(19)23-21(17-7-5-4-6-8-17)28-24(26(33)34)25(29-23)27-14-16-9-11-18(35-3)12-10-16/h4-13,15H,14H2,1-3H3,(H,27,29)(H,30,32)(H,33,34). The number of aromatic carboxylic acids is 1. The van der Waals surface area contributed by atoms with Crippen LogP contribution in [0.25, 0.3) is 22.6 Å². The van der Waals surface area contributed by atoms with Gasteiger partial charge in [0.25, 0.3) is 5.56 Å². The van der Waals surface area contributed by atoms with Crippen molar-refractivity contribution in [1.82, 2.24) is 20.2 Å². The van der Waals surface area contributed by atoms with Crippen molar-refractivity contribution in [3.63, 3.8) is 0 Å². The first-order valence-corrected chi connectivity index (χ1v) is 11.0. The van der Waals surface area contributed by atoms with Gasteiger partial charge in [-0.25, -0.2) is 19.9 Å². The van der Waals surface area contributed by atoms with Crippen LogP contribution >= 0.6 is 0 Å². The van der Waals surface area contributed by atoms with E-state index in [1.54, 1.807) is 7.11 Å². The number of anilines is 1. The lowest BCUT2D eigenvalue weighted by Gasteiger charge is -2.16. The smallest absolute Gasteiger partial charge is 0.358 e. The van der Waals surface area contributed by atoms with E-state index in [4.69, 9.17) is 9.72 Å². The lowest BCUT2D eigenvalue weighted by atomic mass is 9.98. The fourth-order valence-corrected chi connectivity index (χ4v) is 3.65. The number of nitrogens with zero attached hydrogens (tertiary/aromatic N) is 3. The maximum Gasteiger partial charge on any atom is 0.358 e. The summed E-state index contributed by atoms with van der Waals surface area (Å²) in [4.78, 5) is 33.3. The first-order chi connectivity index (χ1) is 16.9. The summed E-state index contributed by atoms with van der Waals surface area (Å²) >= 11 is 0. The van der Waals surface area contributed by atoms with E-state index >= 15 is 0 Å². The molecule has 0 saturated heterocycles. The van der Waals surface area contributed by atoms with Gasteiger partial charge in [0.1, 0.15) is 17.1 Å². The van der Waals surface area contributed by atoms with Gasteiger partial charge in [-0.2, -0.15) is 5.10 Å². The number of H-pyrrole nitrogens is 1. The Bertz CT molecular complexity index is 1400. The van der Waals surface area contributed by atoms with E-state index in [0.717, 1.165) is 11.3 Å². The highest BCUT2D eigenvalue weighted by molar-refractivity contribution is 5.93. The number of aromatic nitrogens is 4. The SMILES string of the molecule is COc1ccc(CNc2nc(-c3n[nH]c(=O)cc3C(C)C)c(-c3ccccc3)nc2C(=O)O)cc1. The van der Waals surface area contributed by atoms with Gasteiger partial charge >= 0.3 is 5.97 Å². The third-order valence-electron chi connectivity index (χ3n) is 5.45. The number of ether oxygens (including phenoxy) is 1. The third kappa shape index (κ3) is 5.19. The first-order valence-electron chi connectivity index (χ1n) is 11.0. The molecule has 3 N–H and O–H groups in total. The molecule has 0 amide bonds. The molecule has 2 aromatic heterocycles. The van der Waals surface area contributed by atoms with Gasteiger partial charge in [0, 0.05) is 18.2 Å². The number of carbonyl (C=O) groups is 1. The minimum Gasteiger partial charge on any atom is -0.497 e. The molecule has 0 bridgehead atoms. The second-order valence-corrected chi connectivity index (χ2v) is 8.18. The van der Waals surface area contributed by atoms with Crippen molar-refractivity contribution < 1.29 is 14.6 Å². The lowest BCUT2D eigenvalue weighted by molar-refractivity contribution is 0.0691. The Kier molecular flexibility index (Phi) is 6.86. The second kappa shape index (κ2) is 10.2. The van der Waals surface area contributed by atoms with Crippen LogP contribution < -0.4 is 15.6 Å². The van der Waals surface area contributed by atoms with Crippen molar-refractivity contribution in [2.45, 2.75) is 26.3 Å². The molecule has 9 nitrogen and oxygen atoms in total. The van der Waals surface area contributed by atoms with Crippen molar-refractivity contribution in [2.24, 2.45) is 0 Å². The molecule has 35 heavy (non-hydrogen) atoms. The van der Waals surface area contributed by atoms with Crippen LogP contribution in [0, 0.1) is 0 Å².